The molecule has 3 nitrogen and oxygen atoms in total. The summed E-state index contributed by atoms with van der Waals surface area (Å²) in [6.07, 6.45) is 2.40. The Morgan fingerprint density at radius 3 is 2.65 bits per heavy atom. The van der Waals surface area contributed by atoms with Gasteiger partial charge in [0.25, 0.3) is 0 Å². The molecule has 1 aromatic carbocycles. The third-order valence-corrected chi connectivity index (χ3v) is 3.12. The summed E-state index contributed by atoms with van der Waals surface area (Å²) in [4.78, 5) is 2.31. The summed E-state index contributed by atoms with van der Waals surface area (Å²) in [6.45, 7) is 3.88. The fraction of sp³-hybridized carbons (Fsp3) is 0.571. The van der Waals surface area contributed by atoms with Crippen LogP contribution in [-0.4, -0.2) is 32.1 Å². The Kier molecular flexibility index (Phi) is 6.01. The van der Waals surface area contributed by atoms with Crippen LogP contribution in [0.4, 0.5) is 0 Å². The van der Waals surface area contributed by atoms with E-state index in [9.17, 15) is 0 Å². The van der Waals surface area contributed by atoms with Crippen molar-refractivity contribution in [1.82, 2.24) is 4.90 Å². The minimum atomic E-state index is 0.234. The quantitative estimate of drug-likeness (QED) is 0.790. The van der Waals surface area contributed by atoms with Crippen LogP contribution in [0.2, 0.25) is 0 Å². The summed E-state index contributed by atoms with van der Waals surface area (Å²) >= 11 is 0. The summed E-state index contributed by atoms with van der Waals surface area (Å²) < 4.78 is 5.40. The van der Waals surface area contributed by atoms with Crippen LogP contribution >= 0.6 is 0 Å². The first kappa shape index (κ1) is 14.0. The molecule has 2 N–H and O–H groups in total. The van der Waals surface area contributed by atoms with Crippen LogP contribution in [-0.2, 0) is 0 Å². The highest BCUT2D eigenvalue weighted by molar-refractivity contribution is 5.36. The highest BCUT2D eigenvalue weighted by Crippen LogP contribution is 2.27. The van der Waals surface area contributed by atoms with Crippen LogP contribution in [0.3, 0.4) is 0 Å². The summed E-state index contributed by atoms with van der Waals surface area (Å²) in [5, 5.41) is 0. The minimum absolute atomic E-state index is 0.234. The molecule has 0 saturated heterocycles. The molecule has 17 heavy (non-hydrogen) atoms. The summed E-state index contributed by atoms with van der Waals surface area (Å²) in [5.41, 5.74) is 7.08. The first-order chi connectivity index (χ1) is 8.24. The maximum Gasteiger partial charge on any atom is 0.123 e. The standard InChI is InChI=1S/C14H24N2O/c1-4-5-10-16(2)13(11-15)12-8-6-7-9-14(12)17-3/h6-9,13H,4-5,10-11,15H2,1-3H3. The van der Waals surface area contributed by atoms with Gasteiger partial charge in [-0.3, -0.25) is 4.90 Å². The molecule has 0 saturated carbocycles. The Labute approximate surface area is 105 Å². The molecule has 1 unspecified atom stereocenters. The fourth-order valence-electron chi connectivity index (χ4n) is 2.05. The fourth-order valence-corrected chi connectivity index (χ4v) is 2.05. The third kappa shape index (κ3) is 3.72. The highest BCUT2D eigenvalue weighted by Gasteiger charge is 2.18. The van der Waals surface area contributed by atoms with Crippen molar-refractivity contribution in [2.75, 3.05) is 27.2 Å². The van der Waals surface area contributed by atoms with Gasteiger partial charge >= 0.3 is 0 Å². The van der Waals surface area contributed by atoms with Gasteiger partial charge in [0.1, 0.15) is 5.75 Å². The Morgan fingerprint density at radius 2 is 2.06 bits per heavy atom. The molecule has 0 aliphatic heterocycles. The maximum atomic E-state index is 5.90. The molecule has 0 aliphatic carbocycles. The van der Waals surface area contributed by atoms with Crippen LogP contribution < -0.4 is 10.5 Å². The highest BCUT2D eigenvalue weighted by atomic mass is 16.5. The normalized spacial score (nSPS) is 12.8. The Balaban J connectivity index is 2.84. The maximum absolute atomic E-state index is 5.90. The van der Waals surface area contributed by atoms with Gasteiger partial charge < -0.3 is 10.5 Å². The lowest BCUT2D eigenvalue weighted by atomic mass is 10.0. The van der Waals surface area contributed by atoms with Crippen molar-refractivity contribution in [3.63, 3.8) is 0 Å². The van der Waals surface area contributed by atoms with Crippen molar-refractivity contribution in [3.8, 4) is 5.75 Å². The van der Waals surface area contributed by atoms with Gasteiger partial charge in [-0.1, -0.05) is 31.5 Å². The average molecular weight is 236 g/mol. The van der Waals surface area contributed by atoms with Crippen LogP contribution in [0.1, 0.15) is 31.4 Å². The van der Waals surface area contributed by atoms with E-state index < -0.39 is 0 Å². The largest absolute Gasteiger partial charge is 0.496 e. The van der Waals surface area contributed by atoms with Gasteiger partial charge in [-0.05, 0) is 26.1 Å². The molecule has 96 valence electrons. The number of nitrogens with zero attached hydrogens (tertiary/aromatic N) is 1. The van der Waals surface area contributed by atoms with E-state index in [1.807, 2.05) is 18.2 Å². The second-order valence-corrected chi connectivity index (χ2v) is 4.33. The lowest BCUT2D eigenvalue weighted by molar-refractivity contribution is 0.241. The Bertz CT molecular complexity index is 328. The van der Waals surface area contributed by atoms with Crippen LogP contribution in [0.5, 0.6) is 5.75 Å². The number of hydrogen-bond donors (Lipinski definition) is 1. The van der Waals surface area contributed by atoms with Gasteiger partial charge in [0.15, 0.2) is 0 Å². The molecule has 0 amide bonds. The van der Waals surface area contributed by atoms with Gasteiger partial charge in [-0.25, -0.2) is 0 Å². The van der Waals surface area contributed by atoms with Gasteiger partial charge in [0.2, 0.25) is 0 Å². The van der Waals surface area contributed by atoms with Gasteiger partial charge in [0.05, 0.1) is 13.2 Å². The monoisotopic (exact) mass is 236 g/mol. The molecule has 1 atom stereocenters. The van der Waals surface area contributed by atoms with E-state index in [-0.39, 0.29) is 6.04 Å². The second kappa shape index (κ2) is 7.30. The van der Waals surface area contributed by atoms with Crippen molar-refractivity contribution in [3.05, 3.63) is 29.8 Å². The molecule has 0 aliphatic rings. The lowest BCUT2D eigenvalue weighted by Crippen LogP contribution is -2.31. The molecule has 3 heteroatoms. The second-order valence-electron chi connectivity index (χ2n) is 4.33. The number of likely N-dealkylation sites (N-methyl/N-ethyl adjacent to an activating group) is 1. The number of ether oxygens (including phenoxy) is 1. The van der Waals surface area contributed by atoms with Crippen molar-refractivity contribution < 1.29 is 4.74 Å². The summed E-state index contributed by atoms with van der Waals surface area (Å²) in [7, 11) is 3.83. The van der Waals surface area contributed by atoms with Gasteiger partial charge in [-0.2, -0.15) is 0 Å². The van der Waals surface area contributed by atoms with Crippen molar-refractivity contribution in [2.45, 2.75) is 25.8 Å². The van der Waals surface area contributed by atoms with Crippen LogP contribution in [0.25, 0.3) is 0 Å². The molecular formula is C14H24N2O. The zero-order chi connectivity index (χ0) is 12.7. The molecular weight excluding hydrogens is 212 g/mol. The van der Waals surface area contributed by atoms with Crippen molar-refractivity contribution in [1.29, 1.82) is 0 Å². The Hall–Kier alpha value is -1.06. The summed E-state index contributed by atoms with van der Waals surface area (Å²) in [6, 6.07) is 8.35. The molecule has 0 radical (unpaired) electrons. The van der Waals surface area contributed by atoms with Crippen molar-refractivity contribution >= 4 is 0 Å². The van der Waals surface area contributed by atoms with E-state index in [1.54, 1.807) is 7.11 Å². The first-order valence-electron chi connectivity index (χ1n) is 6.27. The molecule has 1 aromatic rings. The Morgan fingerprint density at radius 1 is 1.35 bits per heavy atom. The van der Waals surface area contributed by atoms with Gasteiger partial charge in [0, 0.05) is 12.1 Å². The number of nitrogens with two attached hydrogens (primary N) is 1. The molecule has 0 heterocycles. The minimum Gasteiger partial charge on any atom is -0.496 e. The van der Waals surface area contributed by atoms with E-state index in [4.69, 9.17) is 10.5 Å². The predicted octanol–water partition coefficient (Wildman–Crippen LogP) is 2.43. The van der Waals surface area contributed by atoms with Crippen LogP contribution in [0, 0.1) is 0 Å². The third-order valence-electron chi connectivity index (χ3n) is 3.12. The van der Waals surface area contributed by atoms with Crippen molar-refractivity contribution in [2.24, 2.45) is 5.73 Å². The molecule has 0 fully saturated rings. The number of para-hydroxylation sites is 1. The number of hydrogen-bond acceptors (Lipinski definition) is 3. The number of benzene rings is 1. The topological polar surface area (TPSA) is 38.5 Å². The number of rotatable bonds is 7. The molecule has 1 rings (SSSR count). The molecule has 0 bridgehead atoms. The zero-order valence-electron chi connectivity index (χ0n) is 11.1. The first-order valence-corrected chi connectivity index (χ1v) is 6.27. The van der Waals surface area contributed by atoms with E-state index in [2.05, 4.69) is 24.9 Å². The predicted molar refractivity (Wildman–Crippen MR) is 72.3 cm³/mol. The van der Waals surface area contributed by atoms with E-state index in [0.717, 1.165) is 12.3 Å². The summed E-state index contributed by atoms with van der Waals surface area (Å²) in [5.74, 6) is 0.922. The lowest BCUT2D eigenvalue weighted by Gasteiger charge is -2.28. The van der Waals surface area contributed by atoms with E-state index in [1.165, 1.54) is 18.4 Å². The van der Waals surface area contributed by atoms with E-state index in [0.29, 0.717) is 6.54 Å². The van der Waals surface area contributed by atoms with Crippen LogP contribution in [0.15, 0.2) is 24.3 Å². The molecule has 0 spiro atoms. The zero-order valence-corrected chi connectivity index (χ0v) is 11.1. The SMILES string of the molecule is CCCCN(C)C(CN)c1ccccc1OC. The van der Waals surface area contributed by atoms with E-state index >= 15 is 0 Å². The van der Waals surface area contributed by atoms with Gasteiger partial charge in [-0.15, -0.1) is 0 Å². The molecule has 0 aromatic heterocycles. The average Bonchev–Trinajstić information content (AvgIpc) is 2.37. The number of unbranched alkanes of at least 4 members (excludes halogenated alkanes) is 1. The smallest absolute Gasteiger partial charge is 0.123 e. The number of methoxy groups -OCH3 is 1.